The Hall–Kier alpha value is -0.610. The zero-order valence-corrected chi connectivity index (χ0v) is 9.58. The van der Waals surface area contributed by atoms with Crippen molar-refractivity contribution >= 4 is 5.97 Å². The van der Waals surface area contributed by atoms with Crippen LogP contribution in [0.25, 0.3) is 0 Å². The predicted molar refractivity (Wildman–Crippen MR) is 57.2 cm³/mol. The lowest BCUT2D eigenvalue weighted by molar-refractivity contribution is -0.138. The van der Waals surface area contributed by atoms with E-state index in [0.717, 1.165) is 13.1 Å². The molecule has 0 saturated heterocycles. The Balaban J connectivity index is 3.74. The van der Waals surface area contributed by atoms with E-state index < -0.39 is 12.0 Å². The van der Waals surface area contributed by atoms with Gasteiger partial charge in [-0.15, -0.1) is 0 Å². The van der Waals surface area contributed by atoms with E-state index in [-0.39, 0.29) is 5.41 Å². The van der Waals surface area contributed by atoms with Crippen LogP contribution in [0.5, 0.6) is 0 Å². The zero-order chi connectivity index (χ0) is 11.4. The summed E-state index contributed by atoms with van der Waals surface area (Å²) in [5.41, 5.74) is 5.64. The molecule has 0 heterocycles. The summed E-state index contributed by atoms with van der Waals surface area (Å²) in [4.78, 5) is 12.6. The Bertz CT molecular complexity index is 187. The lowest BCUT2D eigenvalue weighted by Crippen LogP contribution is -2.36. The molecule has 0 aromatic rings. The molecule has 0 spiro atoms. The minimum absolute atomic E-state index is 0.238. The first-order valence-electron chi connectivity index (χ1n) is 4.89. The van der Waals surface area contributed by atoms with Gasteiger partial charge in [0.25, 0.3) is 0 Å². The van der Waals surface area contributed by atoms with Crippen LogP contribution in [0.1, 0.15) is 27.2 Å². The van der Waals surface area contributed by atoms with Gasteiger partial charge in [-0.1, -0.05) is 20.8 Å². The fourth-order valence-electron chi connectivity index (χ4n) is 1.37. The molecule has 14 heavy (non-hydrogen) atoms. The molecule has 3 N–H and O–H groups in total. The molecule has 1 unspecified atom stereocenters. The highest BCUT2D eigenvalue weighted by molar-refractivity contribution is 5.72. The first kappa shape index (κ1) is 13.4. The van der Waals surface area contributed by atoms with Crippen molar-refractivity contribution in [1.82, 2.24) is 4.90 Å². The fourth-order valence-corrected chi connectivity index (χ4v) is 1.37. The first-order valence-corrected chi connectivity index (χ1v) is 4.89. The van der Waals surface area contributed by atoms with Gasteiger partial charge in [-0.05, 0) is 25.4 Å². The summed E-state index contributed by atoms with van der Waals surface area (Å²) >= 11 is 0. The van der Waals surface area contributed by atoms with E-state index in [4.69, 9.17) is 10.8 Å². The van der Waals surface area contributed by atoms with Crippen LogP contribution in [-0.4, -0.2) is 42.2 Å². The Morgan fingerprint density at radius 2 is 2.00 bits per heavy atom. The third-order valence-electron chi connectivity index (χ3n) is 1.88. The first-order chi connectivity index (χ1) is 6.22. The van der Waals surface area contributed by atoms with E-state index in [1.165, 1.54) is 0 Å². The van der Waals surface area contributed by atoms with Gasteiger partial charge in [0.1, 0.15) is 6.04 Å². The van der Waals surface area contributed by atoms with Gasteiger partial charge in [0.05, 0.1) is 0 Å². The molecule has 0 rings (SSSR count). The molecule has 0 aliphatic heterocycles. The van der Waals surface area contributed by atoms with Crippen molar-refractivity contribution < 1.29 is 9.90 Å². The second-order valence-electron chi connectivity index (χ2n) is 5.03. The number of aliphatic carboxylic acids is 1. The Kier molecular flexibility index (Phi) is 5.08. The zero-order valence-electron chi connectivity index (χ0n) is 9.58. The minimum Gasteiger partial charge on any atom is -0.480 e. The van der Waals surface area contributed by atoms with E-state index >= 15 is 0 Å². The van der Waals surface area contributed by atoms with Gasteiger partial charge in [0.2, 0.25) is 0 Å². The quantitative estimate of drug-likeness (QED) is 0.691. The highest BCUT2D eigenvalue weighted by Gasteiger charge is 2.16. The maximum absolute atomic E-state index is 10.5. The van der Waals surface area contributed by atoms with Crippen LogP contribution < -0.4 is 5.73 Å². The lowest BCUT2D eigenvalue weighted by atomic mass is 9.96. The molecule has 0 aliphatic rings. The highest BCUT2D eigenvalue weighted by atomic mass is 16.4. The molecule has 0 fully saturated rings. The summed E-state index contributed by atoms with van der Waals surface area (Å²) in [6, 6.07) is -0.739. The maximum atomic E-state index is 10.5. The Morgan fingerprint density at radius 3 is 2.36 bits per heavy atom. The number of nitrogens with zero attached hydrogens (tertiary/aromatic N) is 1. The van der Waals surface area contributed by atoms with Gasteiger partial charge >= 0.3 is 5.97 Å². The summed E-state index contributed by atoms with van der Waals surface area (Å²) < 4.78 is 0. The van der Waals surface area contributed by atoms with Gasteiger partial charge in [-0.25, -0.2) is 0 Å². The van der Waals surface area contributed by atoms with E-state index in [1.807, 2.05) is 7.05 Å². The molecule has 0 amide bonds. The summed E-state index contributed by atoms with van der Waals surface area (Å²) in [5.74, 6) is -0.922. The number of nitrogens with two attached hydrogens (primary N) is 1. The van der Waals surface area contributed by atoms with Crippen molar-refractivity contribution in [2.45, 2.75) is 33.2 Å². The van der Waals surface area contributed by atoms with Crippen molar-refractivity contribution in [3.8, 4) is 0 Å². The van der Waals surface area contributed by atoms with Crippen LogP contribution in [0.2, 0.25) is 0 Å². The fraction of sp³-hybridized carbons (Fsp3) is 0.900. The molecule has 4 nitrogen and oxygen atoms in total. The van der Waals surface area contributed by atoms with Crippen molar-refractivity contribution in [3.63, 3.8) is 0 Å². The number of rotatable bonds is 5. The molecular weight excluding hydrogens is 180 g/mol. The molecule has 4 heteroatoms. The number of carbonyl (C=O) groups is 1. The van der Waals surface area contributed by atoms with E-state index in [0.29, 0.717) is 6.42 Å². The van der Waals surface area contributed by atoms with Gasteiger partial charge in [0, 0.05) is 6.54 Å². The van der Waals surface area contributed by atoms with Crippen molar-refractivity contribution in [1.29, 1.82) is 0 Å². The van der Waals surface area contributed by atoms with Crippen LogP contribution in [0.4, 0.5) is 0 Å². The molecule has 0 bridgehead atoms. The average molecular weight is 202 g/mol. The summed E-state index contributed by atoms with van der Waals surface area (Å²) in [6.45, 7) is 8.13. The molecule has 0 aliphatic carbocycles. The van der Waals surface area contributed by atoms with Crippen LogP contribution >= 0.6 is 0 Å². The molecule has 84 valence electrons. The largest absolute Gasteiger partial charge is 0.480 e. The van der Waals surface area contributed by atoms with Gasteiger partial charge < -0.3 is 15.7 Å². The normalized spacial score (nSPS) is 14.4. The number of carboxylic acids is 1. The lowest BCUT2D eigenvalue weighted by Gasteiger charge is -2.26. The molecular formula is C10H22N2O2. The van der Waals surface area contributed by atoms with Crippen LogP contribution in [-0.2, 0) is 4.79 Å². The average Bonchev–Trinajstić information content (AvgIpc) is 1.96. The number of hydrogen-bond donors (Lipinski definition) is 2. The monoisotopic (exact) mass is 202 g/mol. The molecule has 0 aromatic carbocycles. The minimum atomic E-state index is -0.922. The topological polar surface area (TPSA) is 66.6 Å². The van der Waals surface area contributed by atoms with E-state index in [2.05, 4.69) is 25.7 Å². The van der Waals surface area contributed by atoms with E-state index in [9.17, 15) is 4.79 Å². The van der Waals surface area contributed by atoms with Crippen molar-refractivity contribution in [2.24, 2.45) is 11.1 Å². The van der Waals surface area contributed by atoms with Crippen LogP contribution in [0.15, 0.2) is 0 Å². The SMILES string of the molecule is CN(CCC(N)C(=O)O)CC(C)(C)C. The van der Waals surface area contributed by atoms with Gasteiger partial charge in [-0.2, -0.15) is 0 Å². The summed E-state index contributed by atoms with van der Waals surface area (Å²) in [5, 5.41) is 8.58. The molecule has 0 aromatic heterocycles. The van der Waals surface area contributed by atoms with Gasteiger partial charge in [0.15, 0.2) is 0 Å². The molecule has 0 radical (unpaired) electrons. The molecule has 0 saturated carbocycles. The number of hydrogen-bond acceptors (Lipinski definition) is 3. The van der Waals surface area contributed by atoms with Crippen LogP contribution in [0, 0.1) is 5.41 Å². The Labute approximate surface area is 86.1 Å². The Morgan fingerprint density at radius 1 is 1.50 bits per heavy atom. The summed E-state index contributed by atoms with van der Waals surface area (Å²) in [6.07, 6.45) is 0.502. The van der Waals surface area contributed by atoms with Crippen molar-refractivity contribution in [2.75, 3.05) is 20.1 Å². The highest BCUT2D eigenvalue weighted by Crippen LogP contribution is 2.14. The second-order valence-corrected chi connectivity index (χ2v) is 5.03. The third kappa shape index (κ3) is 6.86. The molecule has 1 atom stereocenters. The van der Waals surface area contributed by atoms with Gasteiger partial charge in [-0.3, -0.25) is 4.79 Å². The second kappa shape index (κ2) is 5.32. The van der Waals surface area contributed by atoms with E-state index in [1.54, 1.807) is 0 Å². The standard InChI is InChI=1S/C10H22N2O2/c1-10(2,3)7-12(4)6-5-8(11)9(13)14/h8H,5-7,11H2,1-4H3,(H,13,14). The van der Waals surface area contributed by atoms with Crippen LogP contribution in [0.3, 0.4) is 0 Å². The number of carboxylic acid groups (broad SMARTS) is 1. The smallest absolute Gasteiger partial charge is 0.320 e. The summed E-state index contributed by atoms with van der Waals surface area (Å²) in [7, 11) is 1.99. The predicted octanol–water partition coefficient (Wildman–Crippen LogP) is 0.766. The third-order valence-corrected chi connectivity index (χ3v) is 1.88. The maximum Gasteiger partial charge on any atom is 0.320 e. The van der Waals surface area contributed by atoms with Crippen molar-refractivity contribution in [3.05, 3.63) is 0 Å².